The summed E-state index contributed by atoms with van der Waals surface area (Å²) in [6.07, 6.45) is 0. The van der Waals surface area contributed by atoms with Gasteiger partial charge in [-0.15, -0.1) is 21.8 Å². The molecule has 2 rings (SSSR count). The molecular weight excluding hydrogens is 281 g/mol. The molecule has 0 amide bonds. The summed E-state index contributed by atoms with van der Waals surface area (Å²) in [5.41, 5.74) is -0.0950. The molecule has 18 heavy (non-hydrogen) atoms. The minimum atomic E-state index is -0.666. The number of rotatable bonds is 3. The highest BCUT2D eigenvalue weighted by Crippen LogP contribution is 2.34. The lowest BCUT2D eigenvalue weighted by Gasteiger charge is -1.98. The predicted octanol–water partition coefficient (Wildman–Crippen LogP) is 3.55. The first-order chi connectivity index (χ1) is 8.49. The van der Waals surface area contributed by atoms with Crippen LogP contribution in [0.1, 0.15) is 17.3 Å². The standard InChI is InChI=1S/C10H7ClFN3O2S/c1-5(11)9-13-14-10(18-9)7-3-2-6(12)4-8(7)15(16)17/h2-5H,1H3. The quantitative estimate of drug-likeness (QED) is 0.492. The number of nitrogens with zero attached hydrogens (tertiary/aromatic N) is 3. The van der Waals surface area contributed by atoms with Gasteiger partial charge >= 0.3 is 0 Å². The van der Waals surface area contributed by atoms with Gasteiger partial charge in [0.2, 0.25) is 0 Å². The van der Waals surface area contributed by atoms with Crippen LogP contribution in [0.4, 0.5) is 10.1 Å². The average molecular weight is 288 g/mol. The van der Waals surface area contributed by atoms with Crippen LogP contribution in [0.5, 0.6) is 0 Å². The zero-order chi connectivity index (χ0) is 13.3. The highest BCUT2D eigenvalue weighted by atomic mass is 35.5. The number of hydrogen-bond donors (Lipinski definition) is 0. The van der Waals surface area contributed by atoms with E-state index >= 15 is 0 Å². The van der Waals surface area contributed by atoms with Crippen molar-refractivity contribution in [2.24, 2.45) is 0 Å². The van der Waals surface area contributed by atoms with E-state index in [1.54, 1.807) is 6.92 Å². The van der Waals surface area contributed by atoms with Crippen LogP contribution in [-0.4, -0.2) is 15.1 Å². The molecular formula is C10H7ClFN3O2S. The van der Waals surface area contributed by atoms with Crippen molar-refractivity contribution in [2.75, 3.05) is 0 Å². The Labute approximate surface area is 110 Å². The van der Waals surface area contributed by atoms with E-state index in [-0.39, 0.29) is 16.6 Å². The molecule has 0 N–H and O–H groups in total. The Kier molecular flexibility index (Phi) is 3.53. The van der Waals surface area contributed by atoms with E-state index in [9.17, 15) is 14.5 Å². The number of benzene rings is 1. The van der Waals surface area contributed by atoms with Crippen LogP contribution in [0.2, 0.25) is 0 Å². The van der Waals surface area contributed by atoms with E-state index < -0.39 is 10.7 Å². The monoisotopic (exact) mass is 287 g/mol. The van der Waals surface area contributed by atoms with Gasteiger partial charge in [0.05, 0.1) is 21.9 Å². The lowest BCUT2D eigenvalue weighted by Crippen LogP contribution is -1.92. The summed E-state index contributed by atoms with van der Waals surface area (Å²) in [5, 5.41) is 19.1. The van der Waals surface area contributed by atoms with Gasteiger partial charge in [0, 0.05) is 0 Å². The molecule has 8 heteroatoms. The third-order valence-corrected chi connectivity index (χ3v) is 3.64. The summed E-state index contributed by atoms with van der Waals surface area (Å²) >= 11 is 7.00. The second-order valence-corrected chi connectivity index (χ2v) is 5.14. The van der Waals surface area contributed by atoms with Gasteiger partial charge in [-0.25, -0.2) is 4.39 Å². The fourth-order valence-corrected chi connectivity index (χ4v) is 2.32. The zero-order valence-corrected chi connectivity index (χ0v) is 10.7. The molecule has 1 aromatic carbocycles. The molecule has 0 spiro atoms. The van der Waals surface area contributed by atoms with Crippen molar-refractivity contribution < 1.29 is 9.31 Å². The first-order valence-corrected chi connectivity index (χ1v) is 6.16. The Bertz CT molecular complexity index is 603. The maximum absolute atomic E-state index is 13.0. The smallest absolute Gasteiger partial charge is 0.258 e. The van der Waals surface area contributed by atoms with Gasteiger partial charge in [-0.1, -0.05) is 11.3 Å². The maximum Gasteiger partial charge on any atom is 0.282 e. The molecule has 0 aliphatic rings. The summed E-state index contributed by atoms with van der Waals surface area (Å²) < 4.78 is 13.0. The summed E-state index contributed by atoms with van der Waals surface area (Å²) in [4.78, 5) is 10.2. The third-order valence-electron chi connectivity index (χ3n) is 2.17. The van der Waals surface area contributed by atoms with E-state index in [1.165, 1.54) is 6.07 Å². The Morgan fingerprint density at radius 3 is 2.78 bits per heavy atom. The van der Waals surface area contributed by atoms with Gasteiger partial charge in [-0.2, -0.15) is 0 Å². The number of alkyl halides is 1. The summed E-state index contributed by atoms with van der Waals surface area (Å²) in [7, 11) is 0. The molecule has 94 valence electrons. The highest BCUT2D eigenvalue weighted by molar-refractivity contribution is 7.15. The van der Waals surface area contributed by atoms with Gasteiger partial charge in [0.25, 0.3) is 5.69 Å². The molecule has 0 aliphatic heterocycles. The summed E-state index contributed by atoms with van der Waals surface area (Å²) in [5.74, 6) is -0.666. The Hall–Kier alpha value is -1.60. The molecule has 1 aromatic heterocycles. The SMILES string of the molecule is CC(Cl)c1nnc(-c2ccc(F)cc2[N+](=O)[O-])s1. The lowest BCUT2D eigenvalue weighted by molar-refractivity contribution is -0.384. The fourth-order valence-electron chi connectivity index (χ4n) is 1.34. The summed E-state index contributed by atoms with van der Waals surface area (Å²) in [6, 6.07) is 3.32. The average Bonchev–Trinajstić information content (AvgIpc) is 2.78. The van der Waals surface area contributed by atoms with Crippen LogP contribution in [0.15, 0.2) is 18.2 Å². The first kappa shape index (κ1) is 12.8. The van der Waals surface area contributed by atoms with E-state index in [0.29, 0.717) is 10.0 Å². The van der Waals surface area contributed by atoms with Crippen LogP contribution < -0.4 is 0 Å². The highest BCUT2D eigenvalue weighted by Gasteiger charge is 2.20. The minimum Gasteiger partial charge on any atom is -0.258 e. The molecule has 0 bridgehead atoms. The van der Waals surface area contributed by atoms with Crippen LogP contribution >= 0.6 is 22.9 Å². The third kappa shape index (κ3) is 2.46. The molecule has 0 fully saturated rings. The number of nitro groups is 1. The van der Waals surface area contributed by atoms with Crippen molar-refractivity contribution in [3.63, 3.8) is 0 Å². The normalized spacial score (nSPS) is 12.4. The van der Waals surface area contributed by atoms with Gasteiger partial charge < -0.3 is 0 Å². The van der Waals surface area contributed by atoms with Gasteiger partial charge in [-0.3, -0.25) is 10.1 Å². The van der Waals surface area contributed by atoms with E-state index in [2.05, 4.69) is 10.2 Å². The molecule has 5 nitrogen and oxygen atoms in total. The zero-order valence-electron chi connectivity index (χ0n) is 9.13. The van der Waals surface area contributed by atoms with Gasteiger partial charge in [0.15, 0.2) is 5.01 Å². The lowest BCUT2D eigenvalue weighted by atomic mass is 10.2. The van der Waals surface area contributed by atoms with Crippen molar-refractivity contribution in [3.05, 3.63) is 39.1 Å². The molecule has 1 atom stereocenters. The van der Waals surface area contributed by atoms with Crippen LogP contribution in [0.3, 0.4) is 0 Å². The number of aromatic nitrogens is 2. The molecule has 0 saturated carbocycles. The first-order valence-electron chi connectivity index (χ1n) is 4.91. The van der Waals surface area contributed by atoms with E-state index in [0.717, 1.165) is 23.5 Å². The fraction of sp³-hybridized carbons (Fsp3) is 0.200. The van der Waals surface area contributed by atoms with Crippen LogP contribution in [0.25, 0.3) is 10.6 Å². The molecule has 1 heterocycles. The molecule has 0 aliphatic carbocycles. The second-order valence-electron chi connectivity index (χ2n) is 3.48. The van der Waals surface area contributed by atoms with Crippen LogP contribution in [-0.2, 0) is 0 Å². The maximum atomic E-state index is 13.0. The Morgan fingerprint density at radius 1 is 1.50 bits per heavy atom. The van der Waals surface area contributed by atoms with Crippen molar-refractivity contribution in [1.82, 2.24) is 10.2 Å². The van der Waals surface area contributed by atoms with Crippen LogP contribution in [0, 0.1) is 15.9 Å². The Morgan fingerprint density at radius 2 is 2.22 bits per heavy atom. The van der Waals surface area contributed by atoms with Crippen molar-refractivity contribution in [1.29, 1.82) is 0 Å². The summed E-state index contributed by atoms with van der Waals surface area (Å²) in [6.45, 7) is 1.73. The minimum absolute atomic E-state index is 0.238. The topological polar surface area (TPSA) is 68.9 Å². The molecule has 2 aromatic rings. The van der Waals surface area contributed by atoms with Crippen molar-refractivity contribution in [2.45, 2.75) is 12.3 Å². The van der Waals surface area contributed by atoms with Gasteiger partial charge in [-0.05, 0) is 19.1 Å². The molecule has 0 radical (unpaired) electrons. The number of halogens is 2. The second kappa shape index (κ2) is 4.95. The number of hydrogen-bond acceptors (Lipinski definition) is 5. The Balaban J connectivity index is 2.52. The molecule has 1 unspecified atom stereocenters. The van der Waals surface area contributed by atoms with Crippen molar-refractivity contribution in [3.8, 4) is 10.6 Å². The van der Waals surface area contributed by atoms with E-state index in [4.69, 9.17) is 11.6 Å². The molecule has 0 saturated heterocycles. The number of nitro benzene ring substituents is 1. The largest absolute Gasteiger partial charge is 0.282 e. The van der Waals surface area contributed by atoms with Crippen molar-refractivity contribution >= 4 is 28.6 Å². The van der Waals surface area contributed by atoms with E-state index in [1.807, 2.05) is 0 Å². The van der Waals surface area contributed by atoms with Gasteiger partial charge in [0.1, 0.15) is 10.8 Å². The predicted molar refractivity (Wildman–Crippen MR) is 66.2 cm³/mol.